The third-order valence-electron chi connectivity index (χ3n) is 2.73. The molecule has 1 rings (SSSR count). The van der Waals surface area contributed by atoms with Crippen LogP contribution in [0.1, 0.15) is 18.4 Å². The number of hydrogen-bond acceptors (Lipinski definition) is 3. The molecule has 0 aliphatic rings. The predicted octanol–water partition coefficient (Wildman–Crippen LogP) is 2.23. The van der Waals surface area contributed by atoms with Gasteiger partial charge in [0, 0.05) is 13.1 Å². The lowest BCUT2D eigenvalue weighted by Gasteiger charge is -2.13. The van der Waals surface area contributed by atoms with Gasteiger partial charge in [0.25, 0.3) is 0 Å². The summed E-state index contributed by atoms with van der Waals surface area (Å²) in [4.78, 5) is 0. The van der Waals surface area contributed by atoms with Crippen molar-refractivity contribution in [3.05, 3.63) is 35.9 Å². The smallest absolute Gasteiger partial charge is 0.0389 e. The third kappa shape index (κ3) is 7.67. The van der Waals surface area contributed by atoms with Crippen LogP contribution in [0.4, 0.5) is 0 Å². The minimum absolute atomic E-state index is 0.808. The second-order valence-corrected chi connectivity index (χ2v) is 4.87. The molecule has 1 aromatic rings. The molecule has 0 radical (unpaired) electrons. The summed E-state index contributed by atoms with van der Waals surface area (Å²) in [6, 6.07) is 10.3. The summed E-state index contributed by atoms with van der Waals surface area (Å²) < 4.78 is 1.85. The number of halogens is 1. The SMILES string of the molecule is CNCCCNCCCN(Cl)Cc1ccccc1. The van der Waals surface area contributed by atoms with Crippen LogP contribution in [0.3, 0.4) is 0 Å². The molecule has 0 fully saturated rings. The first kappa shape index (κ1) is 15.4. The van der Waals surface area contributed by atoms with Crippen molar-refractivity contribution in [2.75, 3.05) is 33.2 Å². The molecule has 4 heteroatoms. The van der Waals surface area contributed by atoms with Crippen molar-refractivity contribution in [3.8, 4) is 0 Å². The van der Waals surface area contributed by atoms with Gasteiger partial charge in [-0.1, -0.05) is 30.3 Å². The number of rotatable bonds is 10. The lowest BCUT2D eigenvalue weighted by molar-refractivity contribution is 0.431. The normalized spacial score (nSPS) is 11.1. The molecule has 0 heterocycles. The molecule has 0 saturated heterocycles. The van der Waals surface area contributed by atoms with Gasteiger partial charge in [-0.05, 0) is 56.9 Å². The van der Waals surface area contributed by atoms with E-state index in [-0.39, 0.29) is 0 Å². The molecule has 0 bridgehead atoms. The minimum atomic E-state index is 0.808. The molecule has 102 valence electrons. The highest BCUT2D eigenvalue weighted by molar-refractivity contribution is 6.13. The predicted molar refractivity (Wildman–Crippen MR) is 78.7 cm³/mol. The van der Waals surface area contributed by atoms with Crippen molar-refractivity contribution < 1.29 is 0 Å². The summed E-state index contributed by atoms with van der Waals surface area (Å²) in [6.45, 7) is 4.89. The molecule has 0 amide bonds. The summed E-state index contributed by atoms with van der Waals surface area (Å²) in [6.07, 6.45) is 2.25. The van der Waals surface area contributed by atoms with Crippen LogP contribution in [0.5, 0.6) is 0 Å². The maximum Gasteiger partial charge on any atom is 0.0389 e. The van der Waals surface area contributed by atoms with Gasteiger partial charge in [-0.3, -0.25) is 0 Å². The van der Waals surface area contributed by atoms with E-state index in [0.29, 0.717) is 0 Å². The summed E-state index contributed by atoms with van der Waals surface area (Å²) in [5, 5.41) is 6.55. The standard InChI is InChI=1S/C14H24ClN3/c1-16-9-5-10-17-11-6-12-18(15)13-14-7-3-2-4-8-14/h2-4,7-8,16-17H,5-6,9-13H2,1H3. The second kappa shape index (κ2) is 10.3. The van der Waals surface area contributed by atoms with Crippen molar-refractivity contribution >= 4 is 11.8 Å². The monoisotopic (exact) mass is 269 g/mol. The molecule has 18 heavy (non-hydrogen) atoms. The minimum Gasteiger partial charge on any atom is -0.320 e. The number of nitrogens with zero attached hydrogens (tertiary/aromatic N) is 1. The average Bonchev–Trinajstić information content (AvgIpc) is 2.39. The van der Waals surface area contributed by atoms with Gasteiger partial charge < -0.3 is 10.6 Å². The molecule has 0 atom stereocenters. The zero-order chi connectivity index (χ0) is 13.1. The summed E-state index contributed by atoms with van der Waals surface area (Å²) >= 11 is 6.17. The van der Waals surface area contributed by atoms with Gasteiger partial charge in [-0.15, -0.1) is 0 Å². The molecule has 0 aliphatic heterocycles. The van der Waals surface area contributed by atoms with Crippen molar-refractivity contribution in [2.45, 2.75) is 19.4 Å². The molecular weight excluding hydrogens is 246 g/mol. The Hall–Kier alpha value is -0.610. The van der Waals surface area contributed by atoms with Crippen LogP contribution in [0.15, 0.2) is 30.3 Å². The van der Waals surface area contributed by atoms with Crippen molar-refractivity contribution in [1.29, 1.82) is 0 Å². The van der Waals surface area contributed by atoms with E-state index in [2.05, 4.69) is 22.8 Å². The van der Waals surface area contributed by atoms with E-state index in [0.717, 1.165) is 39.1 Å². The van der Waals surface area contributed by atoms with E-state index < -0.39 is 0 Å². The van der Waals surface area contributed by atoms with E-state index >= 15 is 0 Å². The highest BCUT2D eigenvalue weighted by Gasteiger charge is 2.01. The molecule has 1 aromatic carbocycles. The van der Waals surface area contributed by atoms with Gasteiger partial charge in [0.2, 0.25) is 0 Å². The largest absolute Gasteiger partial charge is 0.320 e. The Morgan fingerprint density at radius 1 is 1.06 bits per heavy atom. The van der Waals surface area contributed by atoms with Crippen LogP contribution in [0, 0.1) is 0 Å². The lowest BCUT2D eigenvalue weighted by atomic mass is 10.2. The maximum absolute atomic E-state index is 6.17. The Morgan fingerprint density at radius 3 is 2.50 bits per heavy atom. The number of benzene rings is 1. The average molecular weight is 270 g/mol. The summed E-state index contributed by atoms with van der Waals surface area (Å²) in [5.41, 5.74) is 1.26. The third-order valence-corrected chi connectivity index (χ3v) is 3.02. The van der Waals surface area contributed by atoms with Crippen LogP contribution in [-0.4, -0.2) is 37.6 Å². The van der Waals surface area contributed by atoms with Crippen molar-refractivity contribution in [2.24, 2.45) is 0 Å². The fourth-order valence-electron chi connectivity index (χ4n) is 1.75. The molecule has 0 aliphatic carbocycles. The van der Waals surface area contributed by atoms with Gasteiger partial charge in [-0.25, -0.2) is 4.42 Å². The Kier molecular flexibility index (Phi) is 8.86. The fourth-order valence-corrected chi connectivity index (χ4v) is 2.01. The van der Waals surface area contributed by atoms with E-state index in [1.807, 2.05) is 29.7 Å². The van der Waals surface area contributed by atoms with Gasteiger partial charge in [-0.2, -0.15) is 0 Å². The van der Waals surface area contributed by atoms with Crippen molar-refractivity contribution in [1.82, 2.24) is 15.1 Å². The first-order valence-electron chi connectivity index (χ1n) is 6.63. The Bertz CT molecular complexity index is 292. The Labute approximate surface area is 116 Å². The Balaban J connectivity index is 1.99. The van der Waals surface area contributed by atoms with Gasteiger partial charge in [0.15, 0.2) is 0 Å². The zero-order valence-corrected chi connectivity index (χ0v) is 11.9. The van der Waals surface area contributed by atoms with Crippen LogP contribution in [0.25, 0.3) is 0 Å². The van der Waals surface area contributed by atoms with Gasteiger partial charge >= 0.3 is 0 Å². The van der Waals surface area contributed by atoms with Crippen LogP contribution in [0.2, 0.25) is 0 Å². The van der Waals surface area contributed by atoms with Crippen LogP contribution in [-0.2, 0) is 6.54 Å². The molecule has 2 N–H and O–H groups in total. The molecule has 0 aromatic heterocycles. The van der Waals surface area contributed by atoms with E-state index in [1.165, 1.54) is 12.0 Å². The molecule has 0 saturated carbocycles. The van der Waals surface area contributed by atoms with Gasteiger partial charge in [0.1, 0.15) is 0 Å². The topological polar surface area (TPSA) is 27.3 Å². The molecule has 0 spiro atoms. The molecule has 3 nitrogen and oxygen atoms in total. The zero-order valence-electron chi connectivity index (χ0n) is 11.2. The highest BCUT2D eigenvalue weighted by atomic mass is 35.5. The second-order valence-electron chi connectivity index (χ2n) is 4.39. The summed E-state index contributed by atoms with van der Waals surface area (Å²) in [7, 11) is 1.98. The summed E-state index contributed by atoms with van der Waals surface area (Å²) in [5.74, 6) is 0. The van der Waals surface area contributed by atoms with E-state index in [4.69, 9.17) is 11.8 Å². The first-order valence-corrected chi connectivity index (χ1v) is 6.96. The van der Waals surface area contributed by atoms with Gasteiger partial charge in [0.05, 0.1) is 0 Å². The lowest BCUT2D eigenvalue weighted by Crippen LogP contribution is -2.23. The number of nitrogens with one attached hydrogen (secondary N) is 2. The molecule has 0 unspecified atom stereocenters. The van der Waals surface area contributed by atoms with Crippen LogP contribution >= 0.6 is 11.8 Å². The maximum atomic E-state index is 6.17. The van der Waals surface area contributed by atoms with Crippen LogP contribution < -0.4 is 10.6 Å². The molecular formula is C14H24ClN3. The first-order chi connectivity index (χ1) is 8.83. The fraction of sp³-hybridized carbons (Fsp3) is 0.571. The van der Waals surface area contributed by atoms with Crippen molar-refractivity contribution in [3.63, 3.8) is 0 Å². The quantitative estimate of drug-likeness (QED) is 0.504. The highest BCUT2D eigenvalue weighted by Crippen LogP contribution is 2.06. The van der Waals surface area contributed by atoms with E-state index in [9.17, 15) is 0 Å². The van der Waals surface area contributed by atoms with E-state index in [1.54, 1.807) is 0 Å². The number of hydrogen-bond donors (Lipinski definition) is 2. The Morgan fingerprint density at radius 2 is 1.78 bits per heavy atom.